The van der Waals surface area contributed by atoms with Gasteiger partial charge in [0, 0.05) is 13.0 Å². The lowest BCUT2D eigenvalue weighted by Crippen LogP contribution is -2.26. The minimum absolute atomic E-state index is 0.0459. The van der Waals surface area contributed by atoms with Crippen LogP contribution in [-0.4, -0.2) is 12.5 Å². The van der Waals surface area contributed by atoms with E-state index in [4.69, 9.17) is 0 Å². The van der Waals surface area contributed by atoms with Crippen LogP contribution in [0.5, 0.6) is 0 Å². The Kier molecular flexibility index (Phi) is 6.08. The van der Waals surface area contributed by atoms with Crippen LogP contribution in [-0.2, 0) is 4.79 Å². The number of aryl methyl sites for hydroxylation is 1. The molecule has 0 aliphatic carbocycles. The molecule has 1 rings (SSSR count). The SMILES string of the molecule is Cc1ccccc1C(C#N)CC(=O)NCCC(C)C. The van der Waals surface area contributed by atoms with Crippen LogP contribution in [0.3, 0.4) is 0 Å². The summed E-state index contributed by atoms with van der Waals surface area (Å²) < 4.78 is 0. The highest BCUT2D eigenvalue weighted by Gasteiger charge is 2.16. The maximum Gasteiger partial charge on any atom is 0.221 e. The fourth-order valence-electron chi connectivity index (χ4n) is 1.96. The average molecular weight is 258 g/mol. The van der Waals surface area contributed by atoms with E-state index in [1.165, 1.54) is 0 Å². The van der Waals surface area contributed by atoms with Gasteiger partial charge in [0.15, 0.2) is 0 Å². The van der Waals surface area contributed by atoms with Crippen LogP contribution in [0, 0.1) is 24.2 Å². The molecule has 0 radical (unpaired) electrons. The molecule has 1 atom stereocenters. The predicted molar refractivity (Wildman–Crippen MR) is 76.6 cm³/mol. The van der Waals surface area contributed by atoms with Gasteiger partial charge in [-0.1, -0.05) is 38.1 Å². The van der Waals surface area contributed by atoms with Crippen molar-refractivity contribution in [3.63, 3.8) is 0 Å². The van der Waals surface area contributed by atoms with E-state index in [9.17, 15) is 10.1 Å². The van der Waals surface area contributed by atoms with Crippen LogP contribution in [0.25, 0.3) is 0 Å². The molecule has 1 amide bonds. The minimum Gasteiger partial charge on any atom is -0.356 e. The van der Waals surface area contributed by atoms with E-state index in [1.807, 2.05) is 31.2 Å². The smallest absolute Gasteiger partial charge is 0.221 e. The Labute approximate surface area is 115 Å². The van der Waals surface area contributed by atoms with Gasteiger partial charge in [-0.3, -0.25) is 4.79 Å². The lowest BCUT2D eigenvalue weighted by atomic mass is 9.93. The maximum atomic E-state index is 11.8. The van der Waals surface area contributed by atoms with Crippen molar-refractivity contribution in [2.24, 2.45) is 5.92 Å². The molecule has 3 nitrogen and oxygen atoms in total. The molecule has 0 heterocycles. The highest BCUT2D eigenvalue weighted by Crippen LogP contribution is 2.22. The van der Waals surface area contributed by atoms with Gasteiger partial charge in [0.25, 0.3) is 0 Å². The van der Waals surface area contributed by atoms with E-state index in [0.717, 1.165) is 17.5 Å². The summed E-state index contributed by atoms with van der Waals surface area (Å²) in [5.41, 5.74) is 2.01. The Bertz CT molecular complexity index is 460. The van der Waals surface area contributed by atoms with Crippen LogP contribution in [0.15, 0.2) is 24.3 Å². The summed E-state index contributed by atoms with van der Waals surface area (Å²) in [7, 11) is 0. The minimum atomic E-state index is -0.361. The second-order valence-electron chi connectivity index (χ2n) is 5.27. The number of hydrogen-bond donors (Lipinski definition) is 1. The Morgan fingerprint density at radius 2 is 2.05 bits per heavy atom. The molecule has 0 bridgehead atoms. The summed E-state index contributed by atoms with van der Waals surface area (Å²) in [6.45, 7) is 6.90. The first-order valence-electron chi connectivity index (χ1n) is 6.76. The summed E-state index contributed by atoms with van der Waals surface area (Å²) >= 11 is 0. The van der Waals surface area contributed by atoms with Crippen molar-refractivity contribution in [1.82, 2.24) is 5.32 Å². The molecule has 0 aromatic heterocycles. The second kappa shape index (κ2) is 7.58. The van der Waals surface area contributed by atoms with Crippen molar-refractivity contribution < 1.29 is 4.79 Å². The Morgan fingerprint density at radius 1 is 1.37 bits per heavy atom. The predicted octanol–water partition coefficient (Wildman–Crippen LogP) is 3.15. The van der Waals surface area contributed by atoms with Crippen molar-refractivity contribution in [3.8, 4) is 6.07 Å². The molecule has 1 aromatic rings. The monoisotopic (exact) mass is 258 g/mol. The fraction of sp³-hybridized carbons (Fsp3) is 0.500. The van der Waals surface area contributed by atoms with Gasteiger partial charge in [0.1, 0.15) is 0 Å². The van der Waals surface area contributed by atoms with E-state index >= 15 is 0 Å². The molecule has 1 N–H and O–H groups in total. The van der Waals surface area contributed by atoms with Crippen LogP contribution >= 0.6 is 0 Å². The van der Waals surface area contributed by atoms with Crippen molar-refractivity contribution in [2.75, 3.05) is 6.54 Å². The zero-order chi connectivity index (χ0) is 14.3. The molecule has 0 saturated heterocycles. The van der Waals surface area contributed by atoms with Crippen LogP contribution in [0.1, 0.15) is 43.7 Å². The largest absolute Gasteiger partial charge is 0.356 e. The highest BCUT2D eigenvalue weighted by molar-refractivity contribution is 5.77. The van der Waals surface area contributed by atoms with Crippen LogP contribution in [0.2, 0.25) is 0 Å². The van der Waals surface area contributed by atoms with Crippen LogP contribution < -0.4 is 5.32 Å². The summed E-state index contributed by atoms with van der Waals surface area (Å²) in [4.78, 5) is 11.8. The molecular weight excluding hydrogens is 236 g/mol. The van der Waals surface area contributed by atoms with Crippen molar-refractivity contribution in [1.29, 1.82) is 5.26 Å². The highest BCUT2D eigenvalue weighted by atomic mass is 16.1. The number of benzene rings is 1. The standard InChI is InChI=1S/C16H22N2O/c1-12(2)8-9-18-16(19)10-14(11-17)15-7-5-4-6-13(15)3/h4-7,12,14H,8-10H2,1-3H3,(H,18,19). The Balaban J connectivity index is 2.56. The molecular formula is C16H22N2O. The number of nitrogens with zero attached hydrogens (tertiary/aromatic N) is 1. The van der Waals surface area contributed by atoms with Crippen molar-refractivity contribution in [2.45, 2.75) is 39.5 Å². The van der Waals surface area contributed by atoms with Gasteiger partial charge in [-0.2, -0.15) is 5.26 Å². The summed E-state index contributed by atoms with van der Waals surface area (Å²) in [5.74, 6) is 0.166. The molecule has 3 heteroatoms. The van der Waals surface area contributed by atoms with E-state index < -0.39 is 0 Å². The number of hydrogen-bond acceptors (Lipinski definition) is 2. The number of nitriles is 1. The Hall–Kier alpha value is -1.82. The molecule has 0 aliphatic heterocycles. The molecule has 19 heavy (non-hydrogen) atoms. The van der Waals surface area contributed by atoms with Crippen molar-refractivity contribution in [3.05, 3.63) is 35.4 Å². The lowest BCUT2D eigenvalue weighted by Gasteiger charge is -2.13. The van der Waals surface area contributed by atoms with Gasteiger partial charge >= 0.3 is 0 Å². The number of rotatable bonds is 6. The number of amides is 1. The molecule has 0 spiro atoms. The fourth-order valence-corrected chi connectivity index (χ4v) is 1.96. The number of carbonyl (C=O) groups excluding carboxylic acids is 1. The topological polar surface area (TPSA) is 52.9 Å². The zero-order valence-corrected chi connectivity index (χ0v) is 11.9. The van der Waals surface area contributed by atoms with Gasteiger partial charge in [-0.25, -0.2) is 0 Å². The second-order valence-corrected chi connectivity index (χ2v) is 5.27. The zero-order valence-electron chi connectivity index (χ0n) is 11.9. The van der Waals surface area contributed by atoms with Crippen molar-refractivity contribution >= 4 is 5.91 Å². The first kappa shape index (κ1) is 15.2. The van der Waals surface area contributed by atoms with Gasteiger partial charge in [-0.05, 0) is 30.4 Å². The summed E-state index contributed by atoms with van der Waals surface area (Å²) in [6, 6.07) is 9.96. The third kappa shape index (κ3) is 5.13. The lowest BCUT2D eigenvalue weighted by molar-refractivity contribution is -0.121. The maximum absolute atomic E-state index is 11.8. The number of nitrogens with one attached hydrogen (secondary N) is 1. The Morgan fingerprint density at radius 3 is 2.63 bits per heavy atom. The normalized spacial score (nSPS) is 11.9. The van der Waals surface area contributed by atoms with E-state index in [1.54, 1.807) is 0 Å². The first-order valence-corrected chi connectivity index (χ1v) is 6.76. The molecule has 0 fully saturated rings. The third-order valence-electron chi connectivity index (χ3n) is 3.15. The molecule has 1 aromatic carbocycles. The molecule has 0 aliphatic rings. The van der Waals surface area contributed by atoms with Gasteiger partial charge < -0.3 is 5.32 Å². The summed E-state index contributed by atoms with van der Waals surface area (Å²) in [5, 5.41) is 12.1. The molecule has 0 saturated carbocycles. The quantitative estimate of drug-likeness (QED) is 0.852. The third-order valence-corrected chi connectivity index (χ3v) is 3.15. The average Bonchev–Trinajstić information content (AvgIpc) is 2.36. The summed E-state index contributed by atoms with van der Waals surface area (Å²) in [6.07, 6.45) is 1.20. The number of carbonyl (C=O) groups is 1. The molecule has 102 valence electrons. The molecule has 1 unspecified atom stereocenters. The van der Waals surface area contributed by atoms with E-state index in [2.05, 4.69) is 25.2 Å². The van der Waals surface area contributed by atoms with Gasteiger partial charge in [0.05, 0.1) is 12.0 Å². The van der Waals surface area contributed by atoms with Gasteiger partial charge in [-0.15, -0.1) is 0 Å². The van der Waals surface area contributed by atoms with Crippen LogP contribution in [0.4, 0.5) is 0 Å². The van der Waals surface area contributed by atoms with E-state index in [0.29, 0.717) is 12.5 Å². The van der Waals surface area contributed by atoms with E-state index in [-0.39, 0.29) is 18.2 Å². The first-order chi connectivity index (χ1) is 9.04. The van der Waals surface area contributed by atoms with Gasteiger partial charge in [0.2, 0.25) is 5.91 Å².